The molecular formula is C15H20FNO3. The van der Waals surface area contributed by atoms with Gasteiger partial charge in [0, 0.05) is 0 Å². The number of aryl methyl sites for hydroxylation is 1. The quantitative estimate of drug-likeness (QED) is 0.869. The van der Waals surface area contributed by atoms with Crippen molar-refractivity contribution < 1.29 is 19.0 Å². The lowest BCUT2D eigenvalue weighted by atomic mass is 9.86. The first-order valence-electron chi connectivity index (χ1n) is 6.84. The van der Waals surface area contributed by atoms with Crippen LogP contribution in [-0.4, -0.2) is 23.2 Å². The summed E-state index contributed by atoms with van der Waals surface area (Å²) in [7, 11) is 0. The number of carbonyl (C=O) groups is 1. The number of carboxylic acid groups (broad SMARTS) is 1. The number of rotatable bonds is 5. The molecule has 110 valence electrons. The SMILES string of the molecule is Cc1ccc(F)c(OCCC2CCCC2(N)C(=O)O)c1. The Morgan fingerprint density at radius 1 is 1.60 bits per heavy atom. The maximum atomic E-state index is 13.5. The minimum atomic E-state index is -1.16. The molecule has 2 unspecified atom stereocenters. The van der Waals surface area contributed by atoms with Crippen LogP contribution >= 0.6 is 0 Å². The molecule has 20 heavy (non-hydrogen) atoms. The van der Waals surface area contributed by atoms with Gasteiger partial charge in [-0.15, -0.1) is 0 Å². The Morgan fingerprint density at radius 3 is 3.05 bits per heavy atom. The van der Waals surface area contributed by atoms with Gasteiger partial charge in [0.1, 0.15) is 5.54 Å². The van der Waals surface area contributed by atoms with Crippen LogP contribution in [0.2, 0.25) is 0 Å². The maximum absolute atomic E-state index is 13.5. The van der Waals surface area contributed by atoms with E-state index in [1.54, 1.807) is 12.1 Å². The number of hydrogen-bond donors (Lipinski definition) is 2. The predicted octanol–water partition coefficient (Wildman–Crippen LogP) is 2.49. The van der Waals surface area contributed by atoms with Crippen molar-refractivity contribution in [2.45, 2.75) is 38.1 Å². The van der Waals surface area contributed by atoms with Gasteiger partial charge in [0.05, 0.1) is 6.61 Å². The molecule has 2 rings (SSSR count). The number of nitrogens with two attached hydrogens (primary N) is 1. The summed E-state index contributed by atoms with van der Waals surface area (Å²) in [5.74, 6) is -1.27. The molecule has 0 spiro atoms. The van der Waals surface area contributed by atoms with Crippen molar-refractivity contribution in [3.8, 4) is 5.75 Å². The first-order valence-corrected chi connectivity index (χ1v) is 6.84. The van der Waals surface area contributed by atoms with Gasteiger partial charge >= 0.3 is 5.97 Å². The van der Waals surface area contributed by atoms with Crippen molar-refractivity contribution in [1.82, 2.24) is 0 Å². The molecule has 0 heterocycles. The van der Waals surface area contributed by atoms with Gasteiger partial charge in [0.2, 0.25) is 0 Å². The molecule has 1 aliphatic carbocycles. The van der Waals surface area contributed by atoms with Gasteiger partial charge in [-0.3, -0.25) is 4.79 Å². The molecule has 0 aromatic heterocycles. The molecule has 0 bridgehead atoms. The highest BCUT2D eigenvalue weighted by Gasteiger charge is 2.45. The number of ether oxygens (including phenoxy) is 1. The van der Waals surface area contributed by atoms with E-state index in [2.05, 4.69) is 0 Å². The van der Waals surface area contributed by atoms with Crippen LogP contribution in [-0.2, 0) is 4.79 Å². The smallest absolute Gasteiger partial charge is 0.323 e. The largest absolute Gasteiger partial charge is 0.490 e. The van der Waals surface area contributed by atoms with Gasteiger partial charge in [-0.05, 0) is 49.8 Å². The van der Waals surface area contributed by atoms with Gasteiger partial charge < -0.3 is 15.6 Å². The number of carboxylic acids is 1. The van der Waals surface area contributed by atoms with Crippen LogP contribution in [0.15, 0.2) is 18.2 Å². The van der Waals surface area contributed by atoms with Crippen LogP contribution in [0.4, 0.5) is 4.39 Å². The normalized spacial score (nSPS) is 25.6. The van der Waals surface area contributed by atoms with Crippen LogP contribution in [0, 0.1) is 18.7 Å². The summed E-state index contributed by atoms with van der Waals surface area (Å²) in [6, 6.07) is 4.68. The Labute approximate surface area is 117 Å². The van der Waals surface area contributed by atoms with Gasteiger partial charge in [-0.2, -0.15) is 0 Å². The summed E-state index contributed by atoms with van der Waals surface area (Å²) < 4.78 is 18.9. The van der Waals surface area contributed by atoms with Gasteiger partial charge in [0.15, 0.2) is 11.6 Å². The second kappa shape index (κ2) is 5.79. The van der Waals surface area contributed by atoms with E-state index in [0.29, 0.717) is 12.8 Å². The fraction of sp³-hybridized carbons (Fsp3) is 0.533. The molecule has 1 aliphatic rings. The van der Waals surface area contributed by atoms with E-state index in [1.165, 1.54) is 6.07 Å². The summed E-state index contributed by atoms with van der Waals surface area (Å²) in [5, 5.41) is 9.21. The molecule has 1 aromatic rings. The fourth-order valence-corrected chi connectivity index (χ4v) is 2.82. The molecule has 4 nitrogen and oxygen atoms in total. The maximum Gasteiger partial charge on any atom is 0.323 e. The van der Waals surface area contributed by atoms with Crippen molar-refractivity contribution >= 4 is 5.97 Å². The molecule has 3 N–H and O–H groups in total. The van der Waals surface area contributed by atoms with Gasteiger partial charge in [0.25, 0.3) is 0 Å². The molecule has 2 atom stereocenters. The number of halogens is 1. The lowest BCUT2D eigenvalue weighted by Gasteiger charge is -2.26. The molecule has 1 aromatic carbocycles. The minimum Gasteiger partial charge on any atom is -0.490 e. The van der Waals surface area contributed by atoms with E-state index < -0.39 is 17.3 Å². The van der Waals surface area contributed by atoms with Crippen molar-refractivity contribution in [2.75, 3.05) is 6.61 Å². The molecule has 1 fully saturated rings. The van der Waals surface area contributed by atoms with E-state index in [9.17, 15) is 14.3 Å². The number of benzene rings is 1. The highest BCUT2D eigenvalue weighted by atomic mass is 19.1. The van der Waals surface area contributed by atoms with Crippen LogP contribution in [0.5, 0.6) is 5.75 Å². The Morgan fingerprint density at radius 2 is 2.35 bits per heavy atom. The van der Waals surface area contributed by atoms with E-state index in [4.69, 9.17) is 10.5 Å². The van der Waals surface area contributed by atoms with E-state index in [-0.39, 0.29) is 18.3 Å². The highest BCUT2D eigenvalue weighted by Crippen LogP contribution is 2.36. The van der Waals surface area contributed by atoms with Crippen molar-refractivity contribution in [3.63, 3.8) is 0 Å². The van der Waals surface area contributed by atoms with E-state index >= 15 is 0 Å². The number of hydrogen-bond acceptors (Lipinski definition) is 3. The van der Waals surface area contributed by atoms with Crippen LogP contribution in [0.3, 0.4) is 0 Å². The zero-order valence-electron chi connectivity index (χ0n) is 11.6. The Balaban J connectivity index is 1.93. The average molecular weight is 281 g/mol. The standard InChI is InChI=1S/C15H20FNO3/c1-10-4-5-12(16)13(9-10)20-8-6-11-3-2-7-15(11,17)14(18)19/h4-5,9,11H,2-3,6-8,17H2,1H3,(H,18,19). The predicted molar refractivity (Wildman–Crippen MR) is 73.1 cm³/mol. The molecule has 0 radical (unpaired) electrons. The zero-order valence-corrected chi connectivity index (χ0v) is 11.6. The molecule has 5 heteroatoms. The third-order valence-corrected chi connectivity index (χ3v) is 4.08. The second-order valence-electron chi connectivity index (χ2n) is 5.51. The van der Waals surface area contributed by atoms with Crippen LogP contribution < -0.4 is 10.5 Å². The molecular weight excluding hydrogens is 261 g/mol. The zero-order chi connectivity index (χ0) is 14.8. The topological polar surface area (TPSA) is 72.5 Å². The molecule has 0 aliphatic heterocycles. The summed E-state index contributed by atoms with van der Waals surface area (Å²) in [4.78, 5) is 11.2. The number of aliphatic carboxylic acids is 1. The Kier molecular flexibility index (Phi) is 4.28. The highest BCUT2D eigenvalue weighted by molar-refractivity contribution is 5.79. The van der Waals surface area contributed by atoms with Gasteiger partial charge in [-0.25, -0.2) is 4.39 Å². The minimum absolute atomic E-state index is 0.118. The third kappa shape index (κ3) is 2.93. The first-order chi connectivity index (χ1) is 9.43. The summed E-state index contributed by atoms with van der Waals surface area (Å²) >= 11 is 0. The van der Waals surface area contributed by atoms with Crippen molar-refractivity contribution in [3.05, 3.63) is 29.6 Å². The Bertz CT molecular complexity index is 506. The van der Waals surface area contributed by atoms with Crippen molar-refractivity contribution in [2.24, 2.45) is 11.7 Å². The first kappa shape index (κ1) is 14.8. The van der Waals surface area contributed by atoms with Crippen LogP contribution in [0.1, 0.15) is 31.2 Å². The molecule has 0 amide bonds. The molecule has 1 saturated carbocycles. The summed E-state index contributed by atoms with van der Waals surface area (Å²) in [6.45, 7) is 2.13. The Hall–Kier alpha value is -1.62. The average Bonchev–Trinajstić information content (AvgIpc) is 2.77. The second-order valence-corrected chi connectivity index (χ2v) is 5.51. The third-order valence-electron chi connectivity index (χ3n) is 4.08. The van der Waals surface area contributed by atoms with E-state index in [0.717, 1.165) is 18.4 Å². The monoisotopic (exact) mass is 281 g/mol. The van der Waals surface area contributed by atoms with Gasteiger partial charge in [-0.1, -0.05) is 12.5 Å². The lowest BCUT2D eigenvalue weighted by Crippen LogP contribution is -2.51. The summed E-state index contributed by atoms with van der Waals surface area (Å²) in [5.41, 5.74) is 5.71. The van der Waals surface area contributed by atoms with Crippen LogP contribution in [0.25, 0.3) is 0 Å². The van der Waals surface area contributed by atoms with E-state index in [1.807, 2.05) is 6.92 Å². The molecule has 0 saturated heterocycles. The summed E-state index contributed by atoms with van der Waals surface area (Å²) in [6.07, 6.45) is 2.61. The lowest BCUT2D eigenvalue weighted by molar-refractivity contribution is -0.144. The fourth-order valence-electron chi connectivity index (χ4n) is 2.82. The van der Waals surface area contributed by atoms with Crippen molar-refractivity contribution in [1.29, 1.82) is 0 Å².